The summed E-state index contributed by atoms with van der Waals surface area (Å²) < 4.78 is 64.4. The molecule has 0 bridgehead atoms. The van der Waals surface area contributed by atoms with Crippen molar-refractivity contribution in [2.45, 2.75) is 42.9 Å². The second kappa shape index (κ2) is 7.92. The summed E-state index contributed by atoms with van der Waals surface area (Å²) in [6.07, 6.45) is -2.75. The van der Waals surface area contributed by atoms with E-state index in [9.17, 15) is 26.4 Å². The van der Waals surface area contributed by atoms with Crippen molar-refractivity contribution in [1.29, 1.82) is 0 Å². The molecule has 1 amide bonds. The molecular weight excluding hydrogens is 393 g/mol. The largest absolute Gasteiger partial charge is 0.416 e. The normalized spacial score (nSPS) is 14.7. The first-order chi connectivity index (χ1) is 13.1. The third-order valence-electron chi connectivity index (χ3n) is 4.27. The number of amides is 1. The van der Waals surface area contributed by atoms with E-state index in [1.165, 1.54) is 24.3 Å². The lowest BCUT2D eigenvalue weighted by Crippen LogP contribution is -2.26. The number of rotatable bonds is 7. The topological polar surface area (TPSA) is 75.3 Å². The minimum atomic E-state index is -4.41. The molecule has 0 aliphatic heterocycles. The second-order valence-corrected chi connectivity index (χ2v) is 8.40. The maximum absolute atomic E-state index is 12.5. The van der Waals surface area contributed by atoms with Crippen molar-refractivity contribution in [3.8, 4) is 0 Å². The maximum Gasteiger partial charge on any atom is 0.416 e. The lowest BCUT2D eigenvalue weighted by atomic mass is 10.1. The summed E-state index contributed by atoms with van der Waals surface area (Å²) in [5.41, 5.74) is 0.423. The standard InChI is InChI=1S/C19H19F3N2O3S/c20-19(21,22)15-5-1-13(2-6-15)11-18(25)23-12-14-3-9-17(10-4-14)28(26,27)24-16-7-8-16/h1-6,9-10,16,24H,7-8,11-12H2,(H,23,25). The van der Waals surface area contributed by atoms with Crippen LogP contribution in [0.4, 0.5) is 13.2 Å². The smallest absolute Gasteiger partial charge is 0.352 e. The molecule has 2 aromatic carbocycles. The molecule has 0 heterocycles. The maximum atomic E-state index is 12.5. The van der Waals surface area contributed by atoms with Crippen LogP contribution in [0.5, 0.6) is 0 Å². The first kappa shape index (κ1) is 20.3. The Bertz CT molecular complexity index is 936. The second-order valence-electron chi connectivity index (χ2n) is 6.69. The third-order valence-corrected chi connectivity index (χ3v) is 5.80. The summed E-state index contributed by atoms with van der Waals surface area (Å²) in [4.78, 5) is 12.1. The van der Waals surface area contributed by atoms with Gasteiger partial charge in [0.15, 0.2) is 0 Å². The summed E-state index contributed by atoms with van der Waals surface area (Å²) in [7, 11) is -3.52. The summed E-state index contributed by atoms with van der Waals surface area (Å²) >= 11 is 0. The predicted molar refractivity (Wildman–Crippen MR) is 96.8 cm³/mol. The highest BCUT2D eigenvalue weighted by atomic mass is 32.2. The molecule has 1 fully saturated rings. The Morgan fingerprint density at radius 2 is 1.54 bits per heavy atom. The van der Waals surface area contributed by atoms with Crippen LogP contribution in [0, 0.1) is 0 Å². The fourth-order valence-corrected chi connectivity index (χ4v) is 3.84. The van der Waals surface area contributed by atoms with Crippen LogP contribution >= 0.6 is 0 Å². The van der Waals surface area contributed by atoms with Gasteiger partial charge in [-0.2, -0.15) is 13.2 Å². The molecule has 0 atom stereocenters. The Balaban J connectivity index is 1.51. The molecule has 3 rings (SSSR count). The molecule has 1 saturated carbocycles. The average Bonchev–Trinajstić information content (AvgIpc) is 3.43. The molecule has 28 heavy (non-hydrogen) atoms. The number of nitrogens with one attached hydrogen (secondary N) is 2. The van der Waals surface area contributed by atoms with Gasteiger partial charge in [-0.1, -0.05) is 24.3 Å². The highest BCUT2D eigenvalue weighted by Gasteiger charge is 2.30. The van der Waals surface area contributed by atoms with Gasteiger partial charge in [0.2, 0.25) is 15.9 Å². The van der Waals surface area contributed by atoms with Crippen molar-refractivity contribution < 1.29 is 26.4 Å². The number of carbonyl (C=O) groups excluding carboxylic acids is 1. The average molecular weight is 412 g/mol. The molecule has 9 heteroatoms. The van der Waals surface area contributed by atoms with Gasteiger partial charge in [-0.05, 0) is 48.2 Å². The van der Waals surface area contributed by atoms with Gasteiger partial charge in [0.05, 0.1) is 16.9 Å². The molecule has 0 spiro atoms. The summed E-state index contributed by atoms with van der Waals surface area (Å²) in [6, 6.07) is 10.6. The van der Waals surface area contributed by atoms with Crippen molar-refractivity contribution in [2.24, 2.45) is 0 Å². The highest BCUT2D eigenvalue weighted by molar-refractivity contribution is 7.89. The molecule has 0 unspecified atom stereocenters. The number of hydrogen-bond acceptors (Lipinski definition) is 3. The van der Waals surface area contributed by atoms with E-state index in [-0.39, 0.29) is 29.8 Å². The number of hydrogen-bond donors (Lipinski definition) is 2. The Kier molecular flexibility index (Phi) is 5.76. The molecule has 1 aliphatic carbocycles. The monoisotopic (exact) mass is 412 g/mol. The van der Waals surface area contributed by atoms with Crippen molar-refractivity contribution in [2.75, 3.05) is 0 Å². The van der Waals surface area contributed by atoms with E-state index < -0.39 is 21.8 Å². The quantitative estimate of drug-likeness (QED) is 0.734. The van der Waals surface area contributed by atoms with Gasteiger partial charge in [-0.3, -0.25) is 4.79 Å². The van der Waals surface area contributed by atoms with Crippen LogP contribution in [0.25, 0.3) is 0 Å². The van der Waals surface area contributed by atoms with Crippen LogP contribution in [-0.2, 0) is 34.0 Å². The minimum absolute atomic E-state index is 0.0224. The van der Waals surface area contributed by atoms with Crippen LogP contribution in [0.2, 0.25) is 0 Å². The minimum Gasteiger partial charge on any atom is -0.352 e. The van der Waals surface area contributed by atoms with E-state index in [0.29, 0.717) is 11.1 Å². The molecule has 5 nitrogen and oxygen atoms in total. The summed E-state index contributed by atoms with van der Waals surface area (Å²) in [6.45, 7) is 0.190. The number of carbonyl (C=O) groups is 1. The van der Waals surface area contributed by atoms with Crippen LogP contribution in [0.15, 0.2) is 53.4 Å². The van der Waals surface area contributed by atoms with Crippen LogP contribution < -0.4 is 10.0 Å². The third kappa shape index (κ3) is 5.56. The van der Waals surface area contributed by atoms with Gasteiger partial charge >= 0.3 is 6.18 Å². The highest BCUT2D eigenvalue weighted by Crippen LogP contribution is 2.29. The summed E-state index contributed by atoms with van der Waals surface area (Å²) in [5, 5.41) is 2.67. The zero-order chi connectivity index (χ0) is 20.4. The number of benzene rings is 2. The van der Waals surface area contributed by atoms with Gasteiger partial charge < -0.3 is 5.32 Å². The van der Waals surface area contributed by atoms with Crippen LogP contribution in [0.3, 0.4) is 0 Å². The Hall–Kier alpha value is -2.39. The van der Waals surface area contributed by atoms with Gasteiger partial charge in [0.25, 0.3) is 0 Å². The molecule has 0 aromatic heterocycles. The van der Waals surface area contributed by atoms with E-state index in [1.807, 2.05) is 0 Å². The van der Waals surface area contributed by atoms with Crippen molar-refractivity contribution in [3.63, 3.8) is 0 Å². The lowest BCUT2D eigenvalue weighted by Gasteiger charge is -2.09. The molecular formula is C19H19F3N2O3S. The SMILES string of the molecule is O=C(Cc1ccc(C(F)(F)F)cc1)NCc1ccc(S(=O)(=O)NC2CC2)cc1. The molecule has 1 aliphatic rings. The first-order valence-corrected chi connectivity index (χ1v) is 10.2. The van der Waals surface area contributed by atoms with Crippen molar-refractivity contribution in [1.82, 2.24) is 10.0 Å². The van der Waals surface area contributed by atoms with Crippen molar-refractivity contribution >= 4 is 15.9 Å². The first-order valence-electron chi connectivity index (χ1n) is 8.67. The van der Waals surface area contributed by atoms with E-state index in [2.05, 4.69) is 10.0 Å². The molecule has 0 saturated heterocycles. The van der Waals surface area contributed by atoms with E-state index in [4.69, 9.17) is 0 Å². The zero-order valence-electron chi connectivity index (χ0n) is 14.8. The zero-order valence-corrected chi connectivity index (χ0v) is 15.6. The predicted octanol–water partition coefficient (Wildman–Crippen LogP) is 3.01. The van der Waals surface area contributed by atoms with Crippen LogP contribution in [-0.4, -0.2) is 20.4 Å². The molecule has 2 aromatic rings. The van der Waals surface area contributed by atoms with E-state index in [0.717, 1.165) is 25.0 Å². The summed E-state index contributed by atoms with van der Waals surface area (Å²) in [5.74, 6) is -0.341. The Labute approximate surface area is 161 Å². The number of halogens is 3. The fraction of sp³-hybridized carbons (Fsp3) is 0.316. The van der Waals surface area contributed by atoms with E-state index >= 15 is 0 Å². The Morgan fingerprint density at radius 1 is 0.964 bits per heavy atom. The van der Waals surface area contributed by atoms with Gasteiger partial charge in [-0.25, -0.2) is 13.1 Å². The molecule has 150 valence electrons. The molecule has 2 N–H and O–H groups in total. The van der Waals surface area contributed by atoms with Gasteiger partial charge in [0.1, 0.15) is 0 Å². The lowest BCUT2D eigenvalue weighted by molar-refractivity contribution is -0.137. The Morgan fingerprint density at radius 3 is 2.07 bits per heavy atom. The van der Waals surface area contributed by atoms with Crippen LogP contribution in [0.1, 0.15) is 29.5 Å². The van der Waals surface area contributed by atoms with Crippen molar-refractivity contribution in [3.05, 3.63) is 65.2 Å². The molecule has 0 radical (unpaired) electrons. The fourth-order valence-electron chi connectivity index (χ4n) is 2.54. The number of sulfonamides is 1. The number of alkyl halides is 3. The van der Waals surface area contributed by atoms with Gasteiger partial charge in [-0.15, -0.1) is 0 Å². The van der Waals surface area contributed by atoms with Gasteiger partial charge in [0, 0.05) is 12.6 Å². The van der Waals surface area contributed by atoms with E-state index in [1.54, 1.807) is 12.1 Å².